The fourth-order valence-electron chi connectivity index (χ4n) is 3.75. The summed E-state index contributed by atoms with van der Waals surface area (Å²) >= 11 is 0. The van der Waals surface area contributed by atoms with Gasteiger partial charge in [-0.2, -0.15) is 23.4 Å². The summed E-state index contributed by atoms with van der Waals surface area (Å²) < 4.78 is 55.0. The van der Waals surface area contributed by atoms with E-state index in [0.29, 0.717) is 24.3 Å². The minimum atomic E-state index is -4.54. The Labute approximate surface area is 169 Å². The molecule has 1 unspecified atom stereocenters. The van der Waals surface area contributed by atoms with Crippen molar-refractivity contribution >= 4 is 12.0 Å². The highest BCUT2D eigenvalue weighted by Crippen LogP contribution is 2.31. The molecular weight excluding hydrogens is 402 g/mol. The number of rotatable bonds is 5. The predicted molar refractivity (Wildman–Crippen MR) is 101 cm³/mol. The van der Waals surface area contributed by atoms with Crippen molar-refractivity contribution in [3.05, 3.63) is 59.4 Å². The van der Waals surface area contributed by atoms with Crippen LogP contribution in [0, 0.1) is 12.7 Å². The van der Waals surface area contributed by atoms with Gasteiger partial charge in [0.15, 0.2) is 5.69 Å². The number of anilines is 1. The van der Waals surface area contributed by atoms with Gasteiger partial charge in [0.2, 0.25) is 0 Å². The van der Waals surface area contributed by atoms with Crippen LogP contribution in [0.3, 0.4) is 0 Å². The molecule has 0 spiro atoms. The van der Waals surface area contributed by atoms with Crippen molar-refractivity contribution in [1.29, 1.82) is 0 Å². The van der Waals surface area contributed by atoms with Gasteiger partial charge in [-0.25, -0.2) is 9.07 Å². The van der Waals surface area contributed by atoms with Crippen LogP contribution in [0.4, 0.5) is 23.2 Å². The average Bonchev–Trinajstić information content (AvgIpc) is 3.30. The average molecular weight is 421 g/mol. The molecule has 3 aromatic rings. The molecule has 6 nitrogen and oxygen atoms in total. The normalized spacial score (nSPS) is 15.2. The van der Waals surface area contributed by atoms with E-state index in [1.165, 1.54) is 23.7 Å². The maximum absolute atomic E-state index is 13.2. The second kappa shape index (κ2) is 7.58. The van der Waals surface area contributed by atoms with Gasteiger partial charge in [0.25, 0.3) is 0 Å². The van der Waals surface area contributed by atoms with Crippen molar-refractivity contribution in [2.24, 2.45) is 0 Å². The van der Waals surface area contributed by atoms with Crippen LogP contribution in [-0.4, -0.2) is 38.4 Å². The predicted octanol–water partition coefficient (Wildman–Crippen LogP) is 3.56. The SMILES string of the molecule is Cc1cc(C(F)(F)F)nn1CC(C=O)N1CCCc2c1cnn2-c1ccc(F)cc1. The molecule has 0 bridgehead atoms. The van der Waals surface area contributed by atoms with Gasteiger partial charge in [-0.05, 0) is 50.1 Å². The van der Waals surface area contributed by atoms with Crippen LogP contribution in [0.15, 0.2) is 36.5 Å². The van der Waals surface area contributed by atoms with Crippen molar-refractivity contribution in [2.75, 3.05) is 11.4 Å². The molecular formula is C20H19F4N5O. The summed E-state index contributed by atoms with van der Waals surface area (Å²) in [5.41, 5.74) is 1.65. The summed E-state index contributed by atoms with van der Waals surface area (Å²) in [6.45, 7) is 2.09. The molecule has 0 amide bonds. The van der Waals surface area contributed by atoms with Crippen LogP contribution in [0.1, 0.15) is 23.5 Å². The number of aldehydes is 1. The maximum atomic E-state index is 13.2. The summed E-state index contributed by atoms with van der Waals surface area (Å²) in [5, 5.41) is 8.02. The van der Waals surface area contributed by atoms with Crippen molar-refractivity contribution in [3.8, 4) is 5.69 Å². The van der Waals surface area contributed by atoms with E-state index in [-0.39, 0.29) is 12.4 Å². The monoisotopic (exact) mass is 421 g/mol. The second-order valence-electron chi connectivity index (χ2n) is 7.22. The molecule has 0 saturated carbocycles. The maximum Gasteiger partial charge on any atom is 0.435 e. The number of halogens is 4. The summed E-state index contributed by atoms with van der Waals surface area (Å²) in [5.74, 6) is -0.352. The summed E-state index contributed by atoms with van der Waals surface area (Å²) in [4.78, 5) is 13.7. The molecule has 1 aliphatic rings. The van der Waals surface area contributed by atoms with Gasteiger partial charge in [-0.1, -0.05) is 0 Å². The molecule has 10 heteroatoms. The lowest BCUT2D eigenvalue weighted by Gasteiger charge is -2.33. The molecule has 158 valence electrons. The molecule has 2 aromatic heterocycles. The number of carbonyl (C=O) groups is 1. The lowest BCUT2D eigenvalue weighted by Crippen LogP contribution is -2.43. The molecule has 0 N–H and O–H groups in total. The number of carbonyl (C=O) groups excluding carboxylic acids is 1. The van der Waals surface area contributed by atoms with Crippen LogP contribution in [-0.2, 0) is 23.9 Å². The standard InChI is InChI=1S/C20H19F4N5O/c1-13-9-19(20(22,23)24)26-28(13)11-16(12-30)27-8-2-3-17-18(27)10-25-29(17)15-6-4-14(21)5-7-15/h4-7,9-10,12,16H,2-3,8,11H2,1H3. The molecule has 1 aliphatic heterocycles. The number of benzene rings is 1. The molecule has 1 atom stereocenters. The Hall–Kier alpha value is -3.17. The largest absolute Gasteiger partial charge is 0.435 e. The van der Waals surface area contributed by atoms with Crippen LogP contribution >= 0.6 is 0 Å². The third-order valence-corrected chi connectivity index (χ3v) is 5.23. The highest BCUT2D eigenvalue weighted by atomic mass is 19.4. The Kier molecular flexibility index (Phi) is 5.08. The number of aromatic nitrogens is 4. The Bertz CT molecular complexity index is 1050. The van der Waals surface area contributed by atoms with Crippen LogP contribution in [0.5, 0.6) is 0 Å². The van der Waals surface area contributed by atoms with E-state index >= 15 is 0 Å². The number of aryl methyl sites for hydroxylation is 1. The zero-order valence-electron chi connectivity index (χ0n) is 16.1. The zero-order valence-corrected chi connectivity index (χ0v) is 16.1. The van der Waals surface area contributed by atoms with Gasteiger partial charge in [-0.15, -0.1) is 0 Å². The Morgan fingerprint density at radius 3 is 2.60 bits per heavy atom. The molecule has 0 radical (unpaired) electrons. The van der Waals surface area contributed by atoms with E-state index in [1.807, 2.05) is 4.90 Å². The van der Waals surface area contributed by atoms with E-state index in [1.54, 1.807) is 23.0 Å². The van der Waals surface area contributed by atoms with Crippen LogP contribution in [0.25, 0.3) is 5.69 Å². The molecule has 0 saturated heterocycles. The second-order valence-corrected chi connectivity index (χ2v) is 7.22. The van der Waals surface area contributed by atoms with Gasteiger partial charge in [0, 0.05) is 12.2 Å². The Morgan fingerprint density at radius 2 is 1.97 bits per heavy atom. The smallest absolute Gasteiger partial charge is 0.357 e. The first-order chi connectivity index (χ1) is 14.3. The van der Waals surface area contributed by atoms with Crippen molar-refractivity contribution in [2.45, 2.75) is 38.5 Å². The molecule has 3 heterocycles. The molecule has 0 aliphatic carbocycles. The lowest BCUT2D eigenvalue weighted by atomic mass is 10.1. The van der Waals surface area contributed by atoms with Crippen molar-refractivity contribution < 1.29 is 22.4 Å². The molecule has 0 fully saturated rings. The topological polar surface area (TPSA) is 56.0 Å². The van der Waals surface area contributed by atoms with E-state index in [2.05, 4.69) is 10.2 Å². The lowest BCUT2D eigenvalue weighted by molar-refractivity contribution is -0.141. The van der Waals surface area contributed by atoms with Gasteiger partial charge in [-0.3, -0.25) is 4.68 Å². The van der Waals surface area contributed by atoms with E-state index in [9.17, 15) is 22.4 Å². The molecule has 4 rings (SSSR count). The highest BCUT2D eigenvalue weighted by molar-refractivity contribution is 5.68. The van der Waals surface area contributed by atoms with E-state index in [4.69, 9.17) is 0 Å². The minimum absolute atomic E-state index is 0.00736. The van der Waals surface area contributed by atoms with Crippen molar-refractivity contribution in [1.82, 2.24) is 19.6 Å². The fourth-order valence-corrected chi connectivity index (χ4v) is 3.75. The van der Waals surface area contributed by atoms with E-state index < -0.39 is 17.9 Å². The third kappa shape index (κ3) is 3.69. The summed E-state index contributed by atoms with van der Waals surface area (Å²) in [7, 11) is 0. The number of fused-ring (bicyclic) bond motifs is 1. The number of hydrogen-bond donors (Lipinski definition) is 0. The molecule has 1 aromatic carbocycles. The Morgan fingerprint density at radius 1 is 1.23 bits per heavy atom. The van der Waals surface area contributed by atoms with Crippen LogP contribution < -0.4 is 4.90 Å². The number of nitrogens with zero attached hydrogens (tertiary/aromatic N) is 5. The fraction of sp³-hybridized carbons (Fsp3) is 0.350. The number of hydrogen-bond acceptors (Lipinski definition) is 4. The van der Waals surface area contributed by atoms with Gasteiger partial charge in [0.1, 0.15) is 18.1 Å². The quantitative estimate of drug-likeness (QED) is 0.467. The first-order valence-electron chi connectivity index (χ1n) is 9.44. The zero-order chi connectivity index (χ0) is 21.5. The molecule has 30 heavy (non-hydrogen) atoms. The summed E-state index contributed by atoms with van der Waals surface area (Å²) in [6, 6.07) is 6.19. The third-order valence-electron chi connectivity index (χ3n) is 5.23. The highest BCUT2D eigenvalue weighted by Gasteiger charge is 2.35. The first-order valence-corrected chi connectivity index (χ1v) is 9.44. The van der Waals surface area contributed by atoms with Gasteiger partial charge >= 0.3 is 6.18 Å². The van der Waals surface area contributed by atoms with Crippen molar-refractivity contribution in [3.63, 3.8) is 0 Å². The minimum Gasteiger partial charge on any atom is -0.357 e. The van der Waals surface area contributed by atoms with E-state index in [0.717, 1.165) is 30.2 Å². The Balaban J connectivity index is 1.63. The van der Waals surface area contributed by atoms with Crippen LogP contribution in [0.2, 0.25) is 0 Å². The van der Waals surface area contributed by atoms with Gasteiger partial charge < -0.3 is 9.69 Å². The van der Waals surface area contributed by atoms with Gasteiger partial charge in [0.05, 0.1) is 29.8 Å². The first kappa shape index (κ1) is 20.1. The number of alkyl halides is 3. The summed E-state index contributed by atoms with van der Waals surface area (Å²) in [6.07, 6.45) is -0.727.